The average Bonchev–Trinajstić information content (AvgIpc) is 2.89. The number of ether oxygens (including phenoxy) is 1. The van der Waals surface area contributed by atoms with Crippen LogP contribution in [0.1, 0.15) is 57.2 Å². The van der Waals surface area contributed by atoms with E-state index >= 15 is 0 Å². The first-order valence-electron chi connectivity index (χ1n) is 7.57. The van der Waals surface area contributed by atoms with Crippen molar-refractivity contribution in [2.45, 2.75) is 70.1 Å². The summed E-state index contributed by atoms with van der Waals surface area (Å²) < 4.78 is 7.54. The molecule has 0 radical (unpaired) electrons. The molecule has 0 spiro atoms. The standard InChI is InChI=1S/C15H27N3O/c1-3-15(19-2)14(16)11-12-9-10-18(17-12)13-7-5-4-6-8-13/h9-10,13-15H,3-8,11,16H2,1-2H3. The molecule has 2 unspecified atom stereocenters. The molecular weight excluding hydrogens is 238 g/mol. The maximum Gasteiger partial charge on any atom is 0.0723 e. The van der Waals surface area contributed by atoms with E-state index in [9.17, 15) is 0 Å². The van der Waals surface area contributed by atoms with Gasteiger partial charge in [-0.2, -0.15) is 5.10 Å². The first-order chi connectivity index (χ1) is 9.24. The Balaban J connectivity index is 1.93. The van der Waals surface area contributed by atoms with Crippen LogP contribution in [0, 0.1) is 0 Å². The van der Waals surface area contributed by atoms with Gasteiger partial charge in [-0.25, -0.2) is 0 Å². The smallest absolute Gasteiger partial charge is 0.0723 e. The van der Waals surface area contributed by atoms with Gasteiger partial charge in [0.15, 0.2) is 0 Å². The van der Waals surface area contributed by atoms with E-state index in [1.54, 1.807) is 7.11 Å². The summed E-state index contributed by atoms with van der Waals surface area (Å²) in [5, 5.41) is 4.71. The number of methoxy groups -OCH3 is 1. The molecule has 19 heavy (non-hydrogen) atoms. The van der Waals surface area contributed by atoms with Crippen LogP contribution in [0.25, 0.3) is 0 Å². The molecule has 1 fully saturated rings. The molecule has 0 amide bonds. The Hall–Kier alpha value is -0.870. The van der Waals surface area contributed by atoms with Crippen LogP contribution in [0.15, 0.2) is 12.3 Å². The highest BCUT2D eigenvalue weighted by molar-refractivity contribution is 5.03. The summed E-state index contributed by atoms with van der Waals surface area (Å²) in [6, 6.07) is 2.74. The minimum atomic E-state index is 0.0321. The normalized spacial score (nSPS) is 20.4. The molecule has 2 N–H and O–H groups in total. The summed E-state index contributed by atoms with van der Waals surface area (Å²) in [6.07, 6.45) is 10.6. The second-order valence-corrected chi connectivity index (χ2v) is 5.63. The number of nitrogens with zero attached hydrogens (tertiary/aromatic N) is 2. The van der Waals surface area contributed by atoms with E-state index in [-0.39, 0.29) is 12.1 Å². The summed E-state index contributed by atoms with van der Waals surface area (Å²) in [4.78, 5) is 0. The van der Waals surface area contributed by atoms with Gasteiger partial charge in [-0.1, -0.05) is 26.2 Å². The van der Waals surface area contributed by atoms with Crippen LogP contribution < -0.4 is 5.73 Å². The quantitative estimate of drug-likeness (QED) is 0.860. The van der Waals surface area contributed by atoms with E-state index in [0.29, 0.717) is 6.04 Å². The summed E-state index contributed by atoms with van der Waals surface area (Å²) in [7, 11) is 1.73. The molecule has 1 aliphatic rings. The highest BCUT2D eigenvalue weighted by atomic mass is 16.5. The van der Waals surface area contributed by atoms with Crippen molar-refractivity contribution in [3.05, 3.63) is 18.0 Å². The third-order valence-corrected chi connectivity index (χ3v) is 4.24. The van der Waals surface area contributed by atoms with Crippen LogP contribution in [0.2, 0.25) is 0 Å². The topological polar surface area (TPSA) is 53.1 Å². The summed E-state index contributed by atoms with van der Waals surface area (Å²) in [6.45, 7) is 2.11. The van der Waals surface area contributed by atoms with E-state index in [4.69, 9.17) is 15.6 Å². The summed E-state index contributed by atoms with van der Waals surface area (Å²) in [5.41, 5.74) is 7.28. The predicted octanol–water partition coefficient (Wildman–Crippen LogP) is 2.68. The number of nitrogens with two attached hydrogens (primary N) is 1. The lowest BCUT2D eigenvalue weighted by Crippen LogP contribution is -2.37. The molecule has 1 saturated carbocycles. The molecule has 1 aromatic heterocycles. The molecule has 0 aliphatic heterocycles. The Bertz CT molecular complexity index is 367. The third-order valence-electron chi connectivity index (χ3n) is 4.24. The maximum atomic E-state index is 6.18. The Morgan fingerprint density at radius 2 is 2.16 bits per heavy atom. The van der Waals surface area contributed by atoms with Gasteiger partial charge in [0.1, 0.15) is 0 Å². The highest BCUT2D eigenvalue weighted by Crippen LogP contribution is 2.27. The van der Waals surface area contributed by atoms with Crippen molar-refractivity contribution in [3.63, 3.8) is 0 Å². The Morgan fingerprint density at radius 1 is 1.42 bits per heavy atom. The zero-order valence-corrected chi connectivity index (χ0v) is 12.2. The number of hydrogen-bond donors (Lipinski definition) is 1. The average molecular weight is 265 g/mol. The Kier molecular flexibility index (Phi) is 5.40. The Morgan fingerprint density at radius 3 is 2.79 bits per heavy atom. The van der Waals surface area contributed by atoms with Gasteiger partial charge in [0, 0.05) is 25.8 Å². The van der Waals surface area contributed by atoms with Crippen LogP contribution in [-0.4, -0.2) is 29.0 Å². The molecule has 2 rings (SSSR count). The van der Waals surface area contributed by atoms with Gasteiger partial charge < -0.3 is 10.5 Å². The van der Waals surface area contributed by atoms with Crippen molar-refractivity contribution < 1.29 is 4.74 Å². The zero-order valence-electron chi connectivity index (χ0n) is 12.2. The fraction of sp³-hybridized carbons (Fsp3) is 0.800. The number of rotatable bonds is 6. The fourth-order valence-electron chi connectivity index (χ4n) is 3.05. The van der Waals surface area contributed by atoms with Gasteiger partial charge in [-0.3, -0.25) is 4.68 Å². The van der Waals surface area contributed by atoms with E-state index in [0.717, 1.165) is 18.5 Å². The number of hydrogen-bond acceptors (Lipinski definition) is 3. The van der Waals surface area contributed by atoms with Crippen LogP contribution in [0.5, 0.6) is 0 Å². The molecule has 0 saturated heterocycles. The molecule has 4 heteroatoms. The largest absolute Gasteiger partial charge is 0.380 e. The minimum Gasteiger partial charge on any atom is -0.380 e. The highest BCUT2D eigenvalue weighted by Gasteiger charge is 2.19. The molecule has 1 heterocycles. The number of aromatic nitrogens is 2. The molecule has 0 aromatic carbocycles. The van der Waals surface area contributed by atoms with Crippen molar-refractivity contribution >= 4 is 0 Å². The monoisotopic (exact) mass is 265 g/mol. The third kappa shape index (κ3) is 3.80. The van der Waals surface area contributed by atoms with E-state index in [2.05, 4.69) is 23.9 Å². The van der Waals surface area contributed by atoms with Crippen LogP contribution in [0.4, 0.5) is 0 Å². The van der Waals surface area contributed by atoms with Crippen molar-refractivity contribution in [2.75, 3.05) is 7.11 Å². The molecule has 4 nitrogen and oxygen atoms in total. The SMILES string of the molecule is CCC(OC)C(N)Cc1ccn(C2CCCCC2)n1. The van der Waals surface area contributed by atoms with Gasteiger partial charge >= 0.3 is 0 Å². The maximum absolute atomic E-state index is 6.18. The van der Waals surface area contributed by atoms with Crippen molar-refractivity contribution in [3.8, 4) is 0 Å². The lowest BCUT2D eigenvalue weighted by molar-refractivity contribution is 0.0769. The molecular formula is C15H27N3O. The first-order valence-corrected chi connectivity index (χ1v) is 7.57. The first kappa shape index (κ1) is 14.5. The fourth-order valence-corrected chi connectivity index (χ4v) is 3.05. The van der Waals surface area contributed by atoms with Gasteiger partial charge in [0.25, 0.3) is 0 Å². The van der Waals surface area contributed by atoms with E-state index in [1.165, 1.54) is 32.1 Å². The van der Waals surface area contributed by atoms with Gasteiger partial charge in [0.2, 0.25) is 0 Å². The molecule has 1 aliphatic carbocycles. The second kappa shape index (κ2) is 7.06. The van der Waals surface area contributed by atoms with Gasteiger partial charge in [-0.15, -0.1) is 0 Å². The van der Waals surface area contributed by atoms with Crippen molar-refractivity contribution in [2.24, 2.45) is 5.73 Å². The molecule has 108 valence electrons. The molecule has 1 aromatic rings. The lowest BCUT2D eigenvalue weighted by Gasteiger charge is -2.22. The molecule has 0 bridgehead atoms. The lowest BCUT2D eigenvalue weighted by atomic mass is 9.96. The summed E-state index contributed by atoms with van der Waals surface area (Å²) in [5.74, 6) is 0. The predicted molar refractivity (Wildman–Crippen MR) is 77.1 cm³/mol. The second-order valence-electron chi connectivity index (χ2n) is 5.63. The zero-order chi connectivity index (χ0) is 13.7. The van der Waals surface area contributed by atoms with Gasteiger partial charge in [0.05, 0.1) is 17.8 Å². The Labute approximate surface area is 116 Å². The van der Waals surface area contributed by atoms with Gasteiger partial charge in [-0.05, 0) is 25.3 Å². The molecule has 2 atom stereocenters. The van der Waals surface area contributed by atoms with E-state index < -0.39 is 0 Å². The van der Waals surface area contributed by atoms with Crippen molar-refractivity contribution in [1.29, 1.82) is 0 Å². The van der Waals surface area contributed by atoms with Crippen LogP contribution in [0.3, 0.4) is 0 Å². The minimum absolute atomic E-state index is 0.0321. The van der Waals surface area contributed by atoms with Crippen molar-refractivity contribution in [1.82, 2.24) is 9.78 Å². The van der Waals surface area contributed by atoms with Crippen LogP contribution in [-0.2, 0) is 11.2 Å². The van der Waals surface area contributed by atoms with E-state index in [1.807, 2.05) is 0 Å². The van der Waals surface area contributed by atoms with Crippen LogP contribution >= 0.6 is 0 Å². The summed E-state index contributed by atoms with van der Waals surface area (Å²) >= 11 is 0.